The Hall–Kier alpha value is 0.140. The van der Waals surface area contributed by atoms with Gasteiger partial charge in [-0.05, 0) is 19.8 Å². The van der Waals surface area contributed by atoms with E-state index in [-0.39, 0.29) is 6.61 Å². The van der Waals surface area contributed by atoms with Gasteiger partial charge in [-0.2, -0.15) is 0 Å². The smallest absolute Gasteiger partial charge is 0.0587 e. The first-order valence-electron chi connectivity index (χ1n) is 4.85. The highest BCUT2D eigenvalue weighted by atomic mass is 79.9. The van der Waals surface area contributed by atoms with Crippen LogP contribution in [0.4, 0.5) is 0 Å². The summed E-state index contributed by atoms with van der Waals surface area (Å²) in [7, 11) is 0. The van der Waals surface area contributed by atoms with Crippen LogP contribution in [0, 0.1) is 0 Å². The van der Waals surface area contributed by atoms with Crippen molar-refractivity contribution in [2.24, 2.45) is 0 Å². The molecule has 1 rings (SSSR count). The highest BCUT2D eigenvalue weighted by Crippen LogP contribution is 2.24. The predicted molar refractivity (Wildman–Crippen MR) is 59.0 cm³/mol. The van der Waals surface area contributed by atoms with Crippen LogP contribution in [0.15, 0.2) is 11.1 Å². The Kier molecular flexibility index (Phi) is 4.42. The summed E-state index contributed by atoms with van der Waals surface area (Å²) in [5.74, 6) is 0. The lowest BCUT2D eigenvalue weighted by molar-refractivity contribution is 0.0619. The normalized spacial score (nSPS) is 30.4. The Balaban J connectivity index is 2.56. The van der Waals surface area contributed by atoms with Crippen LogP contribution in [0.25, 0.3) is 0 Å². The first-order valence-corrected chi connectivity index (χ1v) is 5.64. The molecule has 0 aromatic rings. The Bertz CT molecular complexity index is 184. The summed E-state index contributed by atoms with van der Waals surface area (Å²) in [5, 5.41) is 9.21. The first-order chi connectivity index (χ1) is 6.15. The molecule has 0 aliphatic carbocycles. The van der Waals surface area contributed by atoms with Crippen molar-refractivity contribution in [2.75, 3.05) is 13.2 Å². The van der Waals surface area contributed by atoms with Gasteiger partial charge in [0.15, 0.2) is 0 Å². The molecule has 0 spiro atoms. The van der Waals surface area contributed by atoms with E-state index in [2.05, 4.69) is 34.3 Å². The first kappa shape index (κ1) is 11.2. The number of halogens is 1. The Morgan fingerprint density at radius 1 is 1.62 bits per heavy atom. The Morgan fingerprint density at radius 3 is 2.85 bits per heavy atom. The number of nitrogens with zero attached hydrogens (tertiary/aromatic N) is 1. The van der Waals surface area contributed by atoms with E-state index in [0.29, 0.717) is 12.1 Å². The molecular formula is C10H18BrNO. The summed E-state index contributed by atoms with van der Waals surface area (Å²) in [5.41, 5.74) is 0. The number of aliphatic hydroxyl groups excluding tert-OH is 1. The molecule has 1 fully saturated rings. The zero-order valence-corrected chi connectivity index (χ0v) is 9.76. The molecule has 0 amide bonds. The molecule has 2 nitrogen and oxygen atoms in total. The molecule has 0 saturated carbocycles. The lowest BCUT2D eigenvalue weighted by atomic mass is 9.97. The van der Waals surface area contributed by atoms with E-state index < -0.39 is 0 Å². The number of hydrogen-bond donors (Lipinski definition) is 1. The number of piperidine rings is 1. The van der Waals surface area contributed by atoms with E-state index >= 15 is 0 Å². The average molecular weight is 248 g/mol. The molecule has 0 aromatic carbocycles. The lowest BCUT2D eigenvalue weighted by Gasteiger charge is -2.39. The Morgan fingerprint density at radius 2 is 2.31 bits per heavy atom. The second-order valence-electron chi connectivity index (χ2n) is 3.81. The maximum absolute atomic E-state index is 9.21. The van der Waals surface area contributed by atoms with Gasteiger partial charge in [-0.15, -0.1) is 0 Å². The van der Waals surface area contributed by atoms with Gasteiger partial charge in [0.05, 0.1) is 6.61 Å². The summed E-state index contributed by atoms with van der Waals surface area (Å²) in [6.07, 6.45) is 3.58. The van der Waals surface area contributed by atoms with E-state index in [9.17, 15) is 5.11 Å². The maximum atomic E-state index is 9.21. The summed E-state index contributed by atoms with van der Waals surface area (Å²) in [4.78, 5) is 2.33. The minimum atomic E-state index is 0.268. The van der Waals surface area contributed by atoms with Gasteiger partial charge < -0.3 is 5.11 Å². The summed E-state index contributed by atoms with van der Waals surface area (Å²) in [6.45, 7) is 7.19. The lowest BCUT2D eigenvalue weighted by Crippen LogP contribution is -2.47. The van der Waals surface area contributed by atoms with Crippen LogP contribution in [0.1, 0.15) is 26.2 Å². The zero-order valence-electron chi connectivity index (χ0n) is 8.17. The number of aliphatic hydroxyl groups is 1. The van der Waals surface area contributed by atoms with Crippen molar-refractivity contribution < 1.29 is 5.11 Å². The van der Waals surface area contributed by atoms with Gasteiger partial charge in [-0.25, -0.2) is 0 Å². The zero-order chi connectivity index (χ0) is 9.84. The van der Waals surface area contributed by atoms with Crippen molar-refractivity contribution >= 4 is 15.9 Å². The van der Waals surface area contributed by atoms with Gasteiger partial charge in [0.25, 0.3) is 0 Å². The van der Waals surface area contributed by atoms with Crippen LogP contribution in [0.3, 0.4) is 0 Å². The van der Waals surface area contributed by atoms with Crippen molar-refractivity contribution in [2.45, 2.75) is 38.3 Å². The van der Waals surface area contributed by atoms with Crippen molar-refractivity contribution in [3.8, 4) is 0 Å². The topological polar surface area (TPSA) is 23.5 Å². The van der Waals surface area contributed by atoms with Crippen LogP contribution in [-0.4, -0.2) is 35.2 Å². The highest BCUT2D eigenvalue weighted by molar-refractivity contribution is 9.11. The standard InChI is InChI=1S/C10H18BrNO/c1-8(11)6-12-9(2)4-3-5-10(12)7-13/h9-10,13H,1,3-7H2,2H3. The van der Waals surface area contributed by atoms with Crippen molar-refractivity contribution in [1.29, 1.82) is 0 Å². The van der Waals surface area contributed by atoms with Gasteiger partial charge in [-0.1, -0.05) is 28.9 Å². The van der Waals surface area contributed by atoms with Crippen molar-refractivity contribution in [3.05, 3.63) is 11.1 Å². The van der Waals surface area contributed by atoms with E-state index in [1.54, 1.807) is 0 Å². The minimum Gasteiger partial charge on any atom is -0.395 e. The van der Waals surface area contributed by atoms with Crippen molar-refractivity contribution in [3.63, 3.8) is 0 Å². The summed E-state index contributed by atoms with van der Waals surface area (Å²) >= 11 is 3.38. The average Bonchev–Trinajstić information content (AvgIpc) is 2.08. The molecule has 1 aliphatic rings. The van der Waals surface area contributed by atoms with Gasteiger partial charge in [0, 0.05) is 23.1 Å². The molecule has 1 saturated heterocycles. The van der Waals surface area contributed by atoms with E-state index in [1.165, 1.54) is 12.8 Å². The van der Waals surface area contributed by atoms with Crippen LogP contribution < -0.4 is 0 Å². The van der Waals surface area contributed by atoms with Gasteiger partial charge in [0.1, 0.15) is 0 Å². The van der Waals surface area contributed by atoms with Crippen LogP contribution in [0.5, 0.6) is 0 Å². The van der Waals surface area contributed by atoms with Gasteiger partial charge in [0.2, 0.25) is 0 Å². The summed E-state index contributed by atoms with van der Waals surface area (Å²) < 4.78 is 1.000. The quantitative estimate of drug-likeness (QED) is 0.827. The molecule has 0 bridgehead atoms. The Labute approximate surface area is 88.7 Å². The second-order valence-corrected chi connectivity index (χ2v) is 4.93. The van der Waals surface area contributed by atoms with Gasteiger partial charge >= 0.3 is 0 Å². The largest absolute Gasteiger partial charge is 0.395 e. The second kappa shape index (κ2) is 5.13. The van der Waals surface area contributed by atoms with E-state index in [4.69, 9.17) is 0 Å². The maximum Gasteiger partial charge on any atom is 0.0587 e. The van der Waals surface area contributed by atoms with Gasteiger partial charge in [-0.3, -0.25) is 4.90 Å². The predicted octanol–water partition coefficient (Wildman–Crippen LogP) is 2.13. The monoisotopic (exact) mass is 247 g/mol. The molecule has 76 valence electrons. The molecule has 1 heterocycles. The van der Waals surface area contributed by atoms with Crippen LogP contribution in [0.2, 0.25) is 0 Å². The molecule has 1 aliphatic heterocycles. The third kappa shape index (κ3) is 3.08. The van der Waals surface area contributed by atoms with Crippen LogP contribution >= 0.6 is 15.9 Å². The molecule has 2 unspecified atom stereocenters. The SMILES string of the molecule is C=C(Br)CN1C(C)CCCC1CO. The van der Waals surface area contributed by atoms with Crippen molar-refractivity contribution in [1.82, 2.24) is 4.90 Å². The third-order valence-electron chi connectivity index (χ3n) is 2.76. The van der Waals surface area contributed by atoms with E-state index in [0.717, 1.165) is 17.4 Å². The molecular weight excluding hydrogens is 230 g/mol. The molecule has 13 heavy (non-hydrogen) atoms. The highest BCUT2D eigenvalue weighted by Gasteiger charge is 2.26. The fourth-order valence-corrected chi connectivity index (χ4v) is 2.31. The molecule has 2 atom stereocenters. The molecule has 0 radical (unpaired) electrons. The third-order valence-corrected chi connectivity index (χ3v) is 3.01. The number of hydrogen-bond acceptors (Lipinski definition) is 2. The number of rotatable bonds is 3. The number of likely N-dealkylation sites (tertiary alicyclic amines) is 1. The fourth-order valence-electron chi connectivity index (χ4n) is 2.02. The molecule has 0 aromatic heterocycles. The minimum absolute atomic E-state index is 0.268. The molecule has 3 heteroatoms. The van der Waals surface area contributed by atoms with E-state index in [1.807, 2.05) is 0 Å². The molecule has 1 N–H and O–H groups in total. The summed E-state index contributed by atoms with van der Waals surface area (Å²) in [6, 6.07) is 0.901. The van der Waals surface area contributed by atoms with Crippen LogP contribution in [-0.2, 0) is 0 Å². The fraction of sp³-hybridized carbons (Fsp3) is 0.800.